The van der Waals surface area contributed by atoms with Crippen LogP contribution >= 0.6 is 0 Å². The van der Waals surface area contributed by atoms with E-state index in [2.05, 4.69) is 26.5 Å². The SMILES string of the molecule is Cc1c(-c2ccc(C(F)(F)F)cc2O)nnc(NC2CCCN(C)C2)c1C#N.O=CO. The molecule has 1 fully saturated rings. The molecule has 31 heavy (non-hydrogen) atoms. The summed E-state index contributed by atoms with van der Waals surface area (Å²) in [6.07, 6.45) is -2.59. The second kappa shape index (κ2) is 10.1. The smallest absolute Gasteiger partial charge is 0.416 e. The number of benzene rings is 1. The average Bonchev–Trinajstić information content (AvgIpc) is 2.69. The molecule has 166 valence electrons. The average molecular weight is 437 g/mol. The third kappa shape index (κ3) is 5.82. The Labute approximate surface area is 176 Å². The molecule has 0 aliphatic carbocycles. The van der Waals surface area contributed by atoms with Crippen LogP contribution in [0.25, 0.3) is 11.3 Å². The Morgan fingerprint density at radius 3 is 2.58 bits per heavy atom. The van der Waals surface area contributed by atoms with Gasteiger partial charge in [0, 0.05) is 18.2 Å². The molecule has 1 aromatic heterocycles. The van der Waals surface area contributed by atoms with Crippen molar-refractivity contribution in [3.05, 3.63) is 34.9 Å². The van der Waals surface area contributed by atoms with Crippen molar-refractivity contribution in [1.82, 2.24) is 15.1 Å². The van der Waals surface area contributed by atoms with Crippen LogP contribution in [-0.4, -0.2) is 58.0 Å². The van der Waals surface area contributed by atoms with Gasteiger partial charge in [0.05, 0.1) is 5.56 Å². The molecular weight excluding hydrogens is 415 g/mol. The van der Waals surface area contributed by atoms with E-state index in [1.807, 2.05) is 7.05 Å². The van der Waals surface area contributed by atoms with Crippen LogP contribution in [0.5, 0.6) is 5.75 Å². The maximum absolute atomic E-state index is 12.8. The highest BCUT2D eigenvalue weighted by Crippen LogP contribution is 2.37. The van der Waals surface area contributed by atoms with Crippen LogP contribution in [0.3, 0.4) is 0 Å². The lowest BCUT2D eigenvalue weighted by molar-refractivity contribution is -0.137. The van der Waals surface area contributed by atoms with Gasteiger partial charge in [-0.1, -0.05) is 0 Å². The number of nitriles is 1. The first-order valence-electron chi connectivity index (χ1n) is 9.33. The van der Waals surface area contributed by atoms with Crippen molar-refractivity contribution in [2.24, 2.45) is 0 Å². The Morgan fingerprint density at radius 2 is 2.03 bits per heavy atom. The normalized spacial score (nSPS) is 16.6. The number of hydrogen-bond donors (Lipinski definition) is 3. The van der Waals surface area contributed by atoms with Gasteiger partial charge in [-0.3, -0.25) is 4.79 Å². The van der Waals surface area contributed by atoms with Crippen LogP contribution in [0.1, 0.15) is 29.5 Å². The number of nitrogens with zero attached hydrogens (tertiary/aromatic N) is 4. The van der Waals surface area contributed by atoms with Gasteiger partial charge in [-0.25, -0.2) is 0 Å². The maximum Gasteiger partial charge on any atom is 0.416 e. The Hall–Kier alpha value is -3.39. The Bertz CT molecular complexity index is 976. The van der Waals surface area contributed by atoms with Gasteiger partial charge >= 0.3 is 6.18 Å². The largest absolute Gasteiger partial charge is 0.507 e. The van der Waals surface area contributed by atoms with Crippen LogP contribution in [0.4, 0.5) is 19.0 Å². The van der Waals surface area contributed by atoms with Gasteiger partial charge < -0.3 is 20.4 Å². The molecule has 0 amide bonds. The summed E-state index contributed by atoms with van der Waals surface area (Å²) in [6.45, 7) is 3.21. The van der Waals surface area contributed by atoms with Crippen LogP contribution in [0.2, 0.25) is 0 Å². The molecule has 1 aromatic carbocycles. The monoisotopic (exact) mass is 437 g/mol. The number of phenols is 1. The van der Waals surface area contributed by atoms with Gasteiger partial charge in [-0.05, 0) is 57.1 Å². The number of piperidine rings is 1. The third-order valence-corrected chi connectivity index (χ3v) is 4.87. The van der Waals surface area contributed by atoms with E-state index in [4.69, 9.17) is 9.90 Å². The van der Waals surface area contributed by atoms with E-state index in [1.165, 1.54) is 0 Å². The fourth-order valence-corrected chi connectivity index (χ4v) is 3.40. The number of anilines is 1. The van der Waals surface area contributed by atoms with Crippen molar-refractivity contribution >= 4 is 12.3 Å². The third-order valence-electron chi connectivity index (χ3n) is 4.87. The number of rotatable bonds is 3. The molecule has 1 atom stereocenters. The molecule has 2 aromatic rings. The molecule has 2 heterocycles. The molecule has 11 heteroatoms. The number of carboxylic acid groups (broad SMARTS) is 1. The molecule has 0 radical (unpaired) electrons. The van der Waals surface area contributed by atoms with Crippen molar-refractivity contribution in [1.29, 1.82) is 5.26 Å². The number of aromatic hydroxyl groups is 1. The molecular formula is C20H22F3N5O3. The van der Waals surface area contributed by atoms with Gasteiger partial charge in [-0.15, -0.1) is 10.2 Å². The van der Waals surface area contributed by atoms with Crippen molar-refractivity contribution in [2.75, 3.05) is 25.5 Å². The van der Waals surface area contributed by atoms with Gasteiger partial charge in [0.25, 0.3) is 6.47 Å². The molecule has 1 aliphatic rings. The molecule has 0 saturated carbocycles. The number of hydrogen-bond acceptors (Lipinski definition) is 7. The number of nitrogens with one attached hydrogen (secondary N) is 1. The minimum atomic E-state index is -4.56. The Balaban J connectivity index is 0.00000107. The zero-order chi connectivity index (χ0) is 23.2. The van der Waals surface area contributed by atoms with E-state index in [1.54, 1.807) is 6.92 Å². The Morgan fingerprint density at radius 1 is 1.35 bits per heavy atom. The van der Waals surface area contributed by atoms with E-state index < -0.39 is 17.5 Å². The lowest BCUT2D eigenvalue weighted by Gasteiger charge is -2.30. The summed E-state index contributed by atoms with van der Waals surface area (Å²) >= 11 is 0. The number of halogens is 3. The number of likely N-dealkylation sites (tertiary alicyclic amines) is 1. The molecule has 0 spiro atoms. The predicted molar refractivity (Wildman–Crippen MR) is 106 cm³/mol. The second-order valence-electron chi connectivity index (χ2n) is 7.09. The van der Waals surface area contributed by atoms with E-state index >= 15 is 0 Å². The predicted octanol–water partition coefficient (Wildman–Crippen LogP) is 3.26. The summed E-state index contributed by atoms with van der Waals surface area (Å²) in [7, 11) is 2.02. The number of carbonyl (C=O) groups is 1. The van der Waals surface area contributed by atoms with Crippen LogP contribution < -0.4 is 5.32 Å². The lowest BCUT2D eigenvalue weighted by Crippen LogP contribution is -2.40. The topological polar surface area (TPSA) is 122 Å². The first-order valence-corrected chi connectivity index (χ1v) is 9.33. The van der Waals surface area contributed by atoms with Gasteiger partial charge in [0.15, 0.2) is 5.82 Å². The number of likely N-dealkylation sites (N-methyl/N-ethyl adjacent to an activating group) is 1. The minimum absolute atomic E-state index is 0.0958. The summed E-state index contributed by atoms with van der Waals surface area (Å²) in [5.74, 6) is -0.221. The van der Waals surface area contributed by atoms with Crippen molar-refractivity contribution < 1.29 is 28.2 Å². The Kier molecular flexibility index (Phi) is 7.77. The van der Waals surface area contributed by atoms with Crippen LogP contribution in [-0.2, 0) is 11.0 Å². The number of phenolic OH excluding ortho intramolecular Hbond substituents is 1. The minimum Gasteiger partial charge on any atom is -0.507 e. The summed E-state index contributed by atoms with van der Waals surface area (Å²) < 4.78 is 38.4. The zero-order valence-electron chi connectivity index (χ0n) is 16.9. The number of aromatic nitrogens is 2. The van der Waals surface area contributed by atoms with E-state index in [0.717, 1.165) is 38.1 Å². The van der Waals surface area contributed by atoms with Gasteiger partial charge in [0.2, 0.25) is 0 Å². The summed E-state index contributed by atoms with van der Waals surface area (Å²) in [4.78, 5) is 10.5. The standard InChI is InChI=1S/C19H20F3N5O.CH2O2/c1-11-15(9-23)18(24-13-4-3-7-27(2)10-13)26-25-17(11)14-6-5-12(8-16(14)28)19(20,21)22;2-1-3/h5-6,8,13,28H,3-4,7,10H2,1-2H3,(H,24,26);1H,(H,2,3). The van der Waals surface area contributed by atoms with Crippen molar-refractivity contribution in [3.63, 3.8) is 0 Å². The molecule has 1 aliphatic heterocycles. The van der Waals surface area contributed by atoms with E-state index in [0.29, 0.717) is 17.4 Å². The maximum atomic E-state index is 12.8. The first-order chi connectivity index (χ1) is 14.6. The highest BCUT2D eigenvalue weighted by molar-refractivity contribution is 5.74. The molecule has 1 unspecified atom stereocenters. The lowest BCUT2D eigenvalue weighted by atomic mass is 10.0. The first kappa shape index (κ1) is 23.9. The summed E-state index contributed by atoms with van der Waals surface area (Å²) in [5, 5.41) is 38.0. The molecule has 0 bridgehead atoms. The van der Waals surface area contributed by atoms with Gasteiger partial charge in [0.1, 0.15) is 23.1 Å². The quantitative estimate of drug-likeness (QED) is 0.626. The summed E-state index contributed by atoms with van der Waals surface area (Å²) in [5.41, 5.74) is 0.0175. The highest BCUT2D eigenvalue weighted by atomic mass is 19.4. The van der Waals surface area contributed by atoms with Gasteiger partial charge in [-0.2, -0.15) is 18.4 Å². The van der Waals surface area contributed by atoms with Crippen LogP contribution in [0, 0.1) is 18.3 Å². The van der Waals surface area contributed by atoms with E-state index in [9.17, 15) is 23.5 Å². The zero-order valence-corrected chi connectivity index (χ0v) is 16.9. The highest BCUT2D eigenvalue weighted by Gasteiger charge is 2.31. The summed E-state index contributed by atoms with van der Waals surface area (Å²) in [6, 6.07) is 4.87. The molecule has 3 rings (SSSR count). The molecule has 8 nitrogen and oxygen atoms in total. The molecule has 1 saturated heterocycles. The fourth-order valence-electron chi connectivity index (χ4n) is 3.40. The van der Waals surface area contributed by atoms with Crippen LogP contribution in [0.15, 0.2) is 18.2 Å². The fraction of sp³-hybridized carbons (Fsp3) is 0.400. The molecule has 3 N–H and O–H groups in total. The second-order valence-corrected chi connectivity index (χ2v) is 7.09. The number of alkyl halides is 3. The van der Waals surface area contributed by atoms with E-state index in [-0.39, 0.29) is 29.3 Å². The van der Waals surface area contributed by atoms with Crippen molar-refractivity contribution in [3.8, 4) is 23.1 Å². The van der Waals surface area contributed by atoms with Crippen molar-refractivity contribution in [2.45, 2.75) is 32.0 Å².